The molecule has 4 saturated carbocycles. The molecule has 2 amide bonds. The van der Waals surface area contributed by atoms with Gasteiger partial charge in [0.25, 0.3) is 0 Å². The lowest BCUT2D eigenvalue weighted by Crippen LogP contribution is -2.62. The van der Waals surface area contributed by atoms with Crippen LogP contribution < -0.4 is 10.9 Å². The molecule has 4 aliphatic carbocycles. The number of aliphatic hydroxyl groups excluding tert-OH is 3. The minimum Gasteiger partial charge on any atom is -0.393 e. The van der Waals surface area contributed by atoms with Crippen LogP contribution in [0.15, 0.2) is 0 Å². The Labute approximate surface area is 249 Å². The molecule has 7 nitrogen and oxygen atoms in total. The van der Waals surface area contributed by atoms with E-state index in [1.54, 1.807) is 0 Å². The molecule has 41 heavy (non-hydrogen) atoms. The molecule has 0 heterocycles. The fourth-order valence-electron chi connectivity index (χ4n) is 10.2. The molecule has 0 radical (unpaired) electrons. The summed E-state index contributed by atoms with van der Waals surface area (Å²) in [7, 11) is 0. The van der Waals surface area contributed by atoms with Crippen LogP contribution in [0.4, 0.5) is 0 Å². The van der Waals surface area contributed by atoms with Gasteiger partial charge in [-0.25, -0.2) is 0 Å². The summed E-state index contributed by atoms with van der Waals surface area (Å²) < 4.78 is 0. The van der Waals surface area contributed by atoms with Gasteiger partial charge in [-0.1, -0.05) is 66.2 Å². The van der Waals surface area contributed by atoms with E-state index in [1.807, 2.05) is 0 Å². The van der Waals surface area contributed by atoms with E-state index in [1.165, 1.54) is 25.7 Å². The first-order chi connectivity index (χ1) is 19.5. The van der Waals surface area contributed by atoms with E-state index >= 15 is 0 Å². The van der Waals surface area contributed by atoms with Gasteiger partial charge >= 0.3 is 0 Å². The molecular weight excluding hydrogens is 516 g/mol. The number of nitrogens with one attached hydrogen (secondary N) is 2. The fourth-order valence-corrected chi connectivity index (χ4v) is 10.2. The first-order valence-electron chi connectivity index (χ1n) is 17.1. The van der Waals surface area contributed by atoms with Crippen LogP contribution in [0.2, 0.25) is 0 Å². The van der Waals surface area contributed by atoms with Crippen molar-refractivity contribution in [3.8, 4) is 0 Å². The van der Waals surface area contributed by atoms with Gasteiger partial charge < -0.3 is 15.3 Å². The van der Waals surface area contributed by atoms with Gasteiger partial charge in [-0.2, -0.15) is 0 Å². The number of carbonyl (C=O) groups is 2. The van der Waals surface area contributed by atoms with Crippen molar-refractivity contribution in [1.82, 2.24) is 10.9 Å². The zero-order valence-corrected chi connectivity index (χ0v) is 26.4. The van der Waals surface area contributed by atoms with E-state index in [9.17, 15) is 24.9 Å². The Morgan fingerprint density at radius 1 is 0.829 bits per heavy atom. The molecule has 7 heteroatoms. The Bertz CT molecular complexity index is 883. The summed E-state index contributed by atoms with van der Waals surface area (Å²) in [5.74, 6) is 1.38. The molecule has 4 fully saturated rings. The van der Waals surface area contributed by atoms with Crippen molar-refractivity contribution in [2.75, 3.05) is 0 Å². The molecule has 0 aromatic rings. The third kappa shape index (κ3) is 6.98. The second-order valence-electron chi connectivity index (χ2n) is 15.0. The second-order valence-corrected chi connectivity index (χ2v) is 15.0. The van der Waals surface area contributed by atoms with Crippen LogP contribution >= 0.6 is 0 Å². The summed E-state index contributed by atoms with van der Waals surface area (Å²) in [4.78, 5) is 24.7. The van der Waals surface area contributed by atoms with E-state index in [0.29, 0.717) is 37.0 Å². The van der Waals surface area contributed by atoms with Gasteiger partial charge in [0, 0.05) is 12.8 Å². The summed E-state index contributed by atoms with van der Waals surface area (Å²) in [6.07, 6.45) is 14.7. The maximum atomic E-state index is 12.6. The van der Waals surface area contributed by atoms with Gasteiger partial charge in [0.05, 0.1) is 18.3 Å². The van der Waals surface area contributed by atoms with Gasteiger partial charge in [-0.15, -0.1) is 0 Å². The molecular formula is C34H60N2O5. The summed E-state index contributed by atoms with van der Waals surface area (Å²) >= 11 is 0. The highest BCUT2D eigenvalue weighted by atomic mass is 16.3. The minimum absolute atomic E-state index is 0.0757. The smallest absolute Gasteiger partial charge is 0.238 e. The highest BCUT2D eigenvalue weighted by Gasteiger charge is 2.65. The Morgan fingerprint density at radius 2 is 1.49 bits per heavy atom. The van der Waals surface area contributed by atoms with Crippen molar-refractivity contribution in [3.63, 3.8) is 0 Å². The number of amides is 2. The van der Waals surface area contributed by atoms with E-state index in [2.05, 4.69) is 38.5 Å². The van der Waals surface area contributed by atoms with Crippen molar-refractivity contribution in [3.05, 3.63) is 0 Å². The van der Waals surface area contributed by atoms with Crippen molar-refractivity contribution in [2.24, 2.45) is 46.3 Å². The Kier molecular flexibility index (Phi) is 11.2. The topological polar surface area (TPSA) is 119 Å². The predicted molar refractivity (Wildman–Crippen MR) is 161 cm³/mol. The van der Waals surface area contributed by atoms with E-state index in [4.69, 9.17) is 0 Å². The Morgan fingerprint density at radius 3 is 2.20 bits per heavy atom. The average molecular weight is 577 g/mol. The molecule has 4 aliphatic rings. The van der Waals surface area contributed by atoms with Gasteiger partial charge in [0.1, 0.15) is 0 Å². The van der Waals surface area contributed by atoms with Gasteiger partial charge in [0.2, 0.25) is 11.8 Å². The average Bonchev–Trinajstić information content (AvgIpc) is 3.30. The summed E-state index contributed by atoms with van der Waals surface area (Å²) in [6.45, 7) is 9.03. The first-order valence-corrected chi connectivity index (χ1v) is 17.1. The number of unbranched alkanes of at least 4 members (excludes halogenated alkanes) is 6. The molecule has 0 aromatic heterocycles. The monoisotopic (exact) mass is 576 g/mol. The maximum Gasteiger partial charge on any atom is 0.238 e. The molecule has 0 aromatic carbocycles. The quantitative estimate of drug-likeness (QED) is 0.152. The zero-order chi connectivity index (χ0) is 29.8. The predicted octanol–water partition coefficient (Wildman–Crippen LogP) is 5.65. The van der Waals surface area contributed by atoms with Crippen LogP contribution in [-0.2, 0) is 9.59 Å². The number of rotatable bonds is 12. The highest BCUT2D eigenvalue weighted by Crippen LogP contribution is 2.68. The van der Waals surface area contributed by atoms with Gasteiger partial charge in [-0.05, 0) is 104 Å². The molecule has 0 saturated heterocycles. The zero-order valence-electron chi connectivity index (χ0n) is 26.4. The summed E-state index contributed by atoms with van der Waals surface area (Å²) in [5, 5.41) is 33.5. The van der Waals surface area contributed by atoms with Crippen molar-refractivity contribution < 1.29 is 24.9 Å². The molecule has 0 aliphatic heterocycles. The van der Waals surface area contributed by atoms with Crippen LogP contribution in [-0.4, -0.2) is 45.4 Å². The largest absolute Gasteiger partial charge is 0.393 e. The van der Waals surface area contributed by atoms with Gasteiger partial charge in [-0.3, -0.25) is 20.4 Å². The standard InChI is InChI=1S/C34H60N2O5/c1-5-6-7-8-9-10-11-12-30(40)35-36-31(41)16-13-22(2)25-14-15-26-32-27(21-29(39)34(25,26)4)33(3)18-17-24(37)19-23(33)20-28(32)38/h22-29,32,37-39H,5-21H2,1-4H3,(H,35,40)(H,36,41)/t22-,23+,24-,25-,26+,27+,28-,29+,32+,33+,34-/m1/s1. The molecule has 236 valence electrons. The maximum absolute atomic E-state index is 12.6. The summed E-state index contributed by atoms with van der Waals surface area (Å²) in [6, 6.07) is 0. The molecule has 11 atom stereocenters. The number of hydrogen-bond donors (Lipinski definition) is 5. The minimum atomic E-state index is -0.418. The lowest BCUT2D eigenvalue weighted by Gasteiger charge is -2.63. The number of aliphatic hydroxyl groups is 3. The SMILES string of the molecule is CCCCCCCCCC(=O)NNC(=O)CC[C@@H](C)[C@H]1CC[C@H]2[C@@H]3[C@H](O)C[C@@H]4C[C@H](O)CC[C@]4(C)[C@H]3C[C@H](O)[C@]12C. The number of hydrazine groups is 1. The highest BCUT2D eigenvalue weighted by molar-refractivity contribution is 5.81. The van der Waals surface area contributed by atoms with Crippen LogP contribution in [0.5, 0.6) is 0 Å². The first kappa shape index (κ1) is 32.7. The van der Waals surface area contributed by atoms with Crippen LogP contribution in [0, 0.1) is 46.3 Å². The van der Waals surface area contributed by atoms with Crippen molar-refractivity contribution >= 4 is 11.8 Å². The number of fused-ring (bicyclic) bond motifs is 5. The van der Waals surface area contributed by atoms with Crippen LogP contribution in [0.25, 0.3) is 0 Å². The fraction of sp³-hybridized carbons (Fsp3) is 0.941. The molecule has 5 N–H and O–H groups in total. The molecule has 4 rings (SSSR count). The van der Waals surface area contributed by atoms with E-state index in [-0.39, 0.29) is 52.6 Å². The summed E-state index contributed by atoms with van der Waals surface area (Å²) in [5.41, 5.74) is 5.01. The molecule has 0 unspecified atom stereocenters. The lowest BCUT2D eigenvalue weighted by molar-refractivity contribution is -0.207. The third-order valence-corrected chi connectivity index (χ3v) is 12.7. The Balaban J connectivity index is 1.25. The van der Waals surface area contributed by atoms with Crippen LogP contribution in [0.1, 0.15) is 137 Å². The number of hydrogen-bond acceptors (Lipinski definition) is 5. The lowest BCUT2D eigenvalue weighted by atomic mass is 9.43. The van der Waals surface area contributed by atoms with Crippen LogP contribution in [0.3, 0.4) is 0 Å². The Hall–Kier alpha value is -1.18. The van der Waals surface area contributed by atoms with Crippen molar-refractivity contribution in [2.45, 2.75) is 155 Å². The molecule has 0 bridgehead atoms. The second kappa shape index (κ2) is 14.1. The van der Waals surface area contributed by atoms with E-state index in [0.717, 1.165) is 64.2 Å². The number of carbonyl (C=O) groups excluding carboxylic acids is 2. The normalized spacial score (nSPS) is 40.7. The van der Waals surface area contributed by atoms with Crippen molar-refractivity contribution in [1.29, 1.82) is 0 Å². The van der Waals surface area contributed by atoms with E-state index < -0.39 is 6.10 Å². The third-order valence-electron chi connectivity index (χ3n) is 12.7. The van der Waals surface area contributed by atoms with Gasteiger partial charge in [0.15, 0.2) is 0 Å². The molecule has 0 spiro atoms.